The highest BCUT2D eigenvalue weighted by Gasteiger charge is 2.42. The average molecular weight is 272 g/mol. The molecule has 0 aromatic heterocycles. The van der Waals surface area contributed by atoms with Gasteiger partial charge in [0, 0.05) is 30.1 Å². The second kappa shape index (κ2) is 5.05. The predicted molar refractivity (Wildman–Crippen MR) is 79.9 cm³/mol. The molecule has 3 heteroatoms. The van der Waals surface area contributed by atoms with Crippen LogP contribution in [0.1, 0.15) is 31.4 Å². The zero-order valence-corrected chi connectivity index (χ0v) is 12.2. The van der Waals surface area contributed by atoms with E-state index in [2.05, 4.69) is 41.4 Å². The minimum absolute atomic E-state index is 0.535. The molecule has 4 atom stereocenters. The summed E-state index contributed by atoms with van der Waals surface area (Å²) < 4.78 is 5.93. The van der Waals surface area contributed by atoms with Crippen molar-refractivity contribution in [2.75, 3.05) is 26.2 Å². The van der Waals surface area contributed by atoms with Crippen LogP contribution in [0.15, 0.2) is 24.3 Å². The van der Waals surface area contributed by atoms with Crippen LogP contribution >= 0.6 is 0 Å². The molecule has 1 aromatic rings. The third-order valence-electron chi connectivity index (χ3n) is 5.36. The molecule has 3 aliphatic rings. The molecule has 20 heavy (non-hydrogen) atoms. The Morgan fingerprint density at radius 1 is 1.25 bits per heavy atom. The van der Waals surface area contributed by atoms with Gasteiger partial charge in [0.25, 0.3) is 0 Å². The fourth-order valence-electron chi connectivity index (χ4n) is 4.43. The predicted octanol–water partition coefficient (Wildman–Crippen LogP) is 2.44. The minimum atomic E-state index is 0.535. The van der Waals surface area contributed by atoms with E-state index in [1.807, 2.05) is 0 Å². The molecule has 0 saturated carbocycles. The summed E-state index contributed by atoms with van der Waals surface area (Å²) >= 11 is 0. The lowest BCUT2D eigenvalue weighted by Crippen LogP contribution is -2.50. The van der Waals surface area contributed by atoms with Gasteiger partial charge in [0.05, 0.1) is 6.61 Å². The fraction of sp³-hybridized carbons (Fsp3) is 0.647. The Morgan fingerprint density at radius 3 is 3.10 bits per heavy atom. The van der Waals surface area contributed by atoms with Crippen LogP contribution in [0.4, 0.5) is 0 Å². The molecule has 4 unspecified atom stereocenters. The molecule has 3 nitrogen and oxygen atoms in total. The third kappa shape index (κ3) is 1.95. The van der Waals surface area contributed by atoms with Crippen LogP contribution in [-0.4, -0.2) is 37.2 Å². The molecular formula is C17H24N2O. The van der Waals surface area contributed by atoms with E-state index in [0.29, 0.717) is 12.0 Å². The molecule has 0 spiro atoms. The first kappa shape index (κ1) is 12.7. The van der Waals surface area contributed by atoms with Crippen LogP contribution in [0.5, 0.6) is 5.75 Å². The van der Waals surface area contributed by atoms with Gasteiger partial charge in [-0.2, -0.15) is 0 Å². The van der Waals surface area contributed by atoms with Crippen LogP contribution in [0.2, 0.25) is 0 Å². The highest BCUT2D eigenvalue weighted by molar-refractivity contribution is 5.38. The number of benzene rings is 1. The van der Waals surface area contributed by atoms with E-state index in [1.165, 1.54) is 31.5 Å². The zero-order chi connectivity index (χ0) is 13.5. The molecule has 1 aromatic carbocycles. The molecule has 2 saturated heterocycles. The largest absolute Gasteiger partial charge is 0.493 e. The molecule has 1 N–H and O–H groups in total. The molecule has 3 aliphatic heterocycles. The standard InChI is InChI=1S/C17H24N2O/c1-12-11-20-16-7-3-2-6-14(16)17(12)19-8-4-5-13-9-18-10-15(13)19/h2-3,6-7,12-13,15,17-18H,4-5,8-11H2,1H3. The van der Waals surface area contributed by atoms with Crippen molar-refractivity contribution >= 4 is 0 Å². The fourth-order valence-corrected chi connectivity index (χ4v) is 4.43. The zero-order valence-electron chi connectivity index (χ0n) is 12.2. The first-order chi connectivity index (χ1) is 9.84. The van der Waals surface area contributed by atoms with Crippen molar-refractivity contribution in [1.29, 1.82) is 0 Å². The highest BCUT2D eigenvalue weighted by atomic mass is 16.5. The number of fused-ring (bicyclic) bond motifs is 2. The highest BCUT2D eigenvalue weighted by Crippen LogP contribution is 2.43. The van der Waals surface area contributed by atoms with Crippen LogP contribution in [0.3, 0.4) is 0 Å². The number of piperidine rings is 1. The van der Waals surface area contributed by atoms with Crippen molar-refractivity contribution in [3.8, 4) is 5.75 Å². The Bertz CT molecular complexity index is 490. The SMILES string of the molecule is CC1COc2ccccc2C1N1CCCC2CNCC21. The molecule has 4 rings (SSSR count). The maximum absolute atomic E-state index is 5.93. The number of nitrogens with zero attached hydrogens (tertiary/aromatic N) is 1. The number of nitrogens with one attached hydrogen (secondary N) is 1. The Kier molecular flexibility index (Phi) is 3.20. The molecule has 0 radical (unpaired) electrons. The summed E-state index contributed by atoms with van der Waals surface area (Å²) in [6, 6.07) is 9.89. The number of hydrogen-bond donors (Lipinski definition) is 1. The molecule has 3 heterocycles. The van der Waals surface area contributed by atoms with Gasteiger partial charge in [0.2, 0.25) is 0 Å². The monoisotopic (exact) mass is 272 g/mol. The van der Waals surface area contributed by atoms with Crippen molar-refractivity contribution < 1.29 is 4.74 Å². The first-order valence-electron chi connectivity index (χ1n) is 8.03. The number of hydrogen-bond acceptors (Lipinski definition) is 3. The summed E-state index contributed by atoms with van der Waals surface area (Å²) in [6.45, 7) is 6.80. The Labute approximate surface area is 121 Å². The van der Waals surface area contributed by atoms with Crippen LogP contribution in [0, 0.1) is 11.8 Å². The van der Waals surface area contributed by atoms with E-state index < -0.39 is 0 Å². The number of para-hydroxylation sites is 1. The van der Waals surface area contributed by atoms with Gasteiger partial charge in [-0.05, 0) is 37.9 Å². The molecule has 0 bridgehead atoms. The second-order valence-corrected chi connectivity index (χ2v) is 6.64. The van der Waals surface area contributed by atoms with Gasteiger partial charge in [-0.1, -0.05) is 25.1 Å². The maximum atomic E-state index is 5.93. The van der Waals surface area contributed by atoms with Gasteiger partial charge in [-0.15, -0.1) is 0 Å². The maximum Gasteiger partial charge on any atom is 0.124 e. The topological polar surface area (TPSA) is 24.5 Å². The summed E-state index contributed by atoms with van der Waals surface area (Å²) in [7, 11) is 0. The van der Waals surface area contributed by atoms with E-state index >= 15 is 0 Å². The average Bonchev–Trinajstić information content (AvgIpc) is 2.96. The molecule has 0 amide bonds. The van der Waals surface area contributed by atoms with Gasteiger partial charge in [0.15, 0.2) is 0 Å². The summed E-state index contributed by atoms with van der Waals surface area (Å²) in [4.78, 5) is 2.78. The van der Waals surface area contributed by atoms with E-state index in [4.69, 9.17) is 4.74 Å². The third-order valence-corrected chi connectivity index (χ3v) is 5.36. The number of rotatable bonds is 1. The summed E-state index contributed by atoms with van der Waals surface area (Å²) in [5.74, 6) is 2.53. The summed E-state index contributed by atoms with van der Waals surface area (Å²) in [5, 5.41) is 3.60. The van der Waals surface area contributed by atoms with Gasteiger partial charge >= 0.3 is 0 Å². The quantitative estimate of drug-likeness (QED) is 0.850. The van der Waals surface area contributed by atoms with Gasteiger partial charge in [-0.3, -0.25) is 4.90 Å². The van der Waals surface area contributed by atoms with Crippen LogP contribution in [-0.2, 0) is 0 Å². The normalized spacial score (nSPS) is 37.0. The van der Waals surface area contributed by atoms with Crippen LogP contribution in [0.25, 0.3) is 0 Å². The first-order valence-corrected chi connectivity index (χ1v) is 8.03. The Balaban J connectivity index is 1.69. The van der Waals surface area contributed by atoms with E-state index in [1.54, 1.807) is 0 Å². The van der Waals surface area contributed by atoms with Crippen LogP contribution < -0.4 is 10.1 Å². The molecule has 2 fully saturated rings. The number of ether oxygens (including phenoxy) is 1. The van der Waals surface area contributed by atoms with Gasteiger partial charge < -0.3 is 10.1 Å². The molecule has 0 aliphatic carbocycles. The van der Waals surface area contributed by atoms with E-state index in [0.717, 1.165) is 30.9 Å². The van der Waals surface area contributed by atoms with Crippen molar-refractivity contribution in [1.82, 2.24) is 10.2 Å². The number of likely N-dealkylation sites (tertiary alicyclic amines) is 1. The lowest BCUT2D eigenvalue weighted by Gasteiger charge is -2.46. The minimum Gasteiger partial charge on any atom is -0.493 e. The lowest BCUT2D eigenvalue weighted by atomic mass is 9.84. The molecular weight excluding hydrogens is 248 g/mol. The lowest BCUT2D eigenvalue weighted by molar-refractivity contribution is 0.0240. The van der Waals surface area contributed by atoms with E-state index in [9.17, 15) is 0 Å². The van der Waals surface area contributed by atoms with Gasteiger partial charge in [0.1, 0.15) is 5.75 Å². The summed E-state index contributed by atoms with van der Waals surface area (Å²) in [6.07, 6.45) is 2.74. The van der Waals surface area contributed by atoms with Gasteiger partial charge in [-0.25, -0.2) is 0 Å². The summed E-state index contributed by atoms with van der Waals surface area (Å²) in [5.41, 5.74) is 1.40. The van der Waals surface area contributed by atoms with Crippen molar-refractivity contribution in [3.05, 3.63) is 29.8 Å². The van der Waals surface area contributed by atoms with E-state index in [-0.39, 0.29) is 0 Å². The smallest absolute Gasteiger partial charge is 0.124 e. The van der Waals surface area contributed by atoms with Crippen molar-refractivity contribution in [3.63, 3.8) is 0 Å². The van der Waals surface area contributed by atoms with Crippen molar-refractivity contribution in [2.45, 2.75) is 31.8 Å². The Hall–Kier alpha value is -1.06. The van der Waals surface area contributed by atoms with Crippen molar-refractivity contribution in [2.24, 2.45) is 11.8 Å². The second-order valence-electron chi connectivity index (χ2n) is 6.64. The Morgan fingerprint density at radius 2 is 2.15 bits per heavy atom. The molecule has 108 valence electrons.